The van der Waals surface area contributed by atoms with Crippen LogP contribution in [0.25, 0.3) is 0 Å². The first-order chi connectivity index (χ1) is 19.0. The van der Waals surface area contributed by atoms with Gasteiger partial charge < -0.3 is 24.3 Å². The van der Waals surface area contributed by atoms with Crippen LogP contribution in [0.3, 0.4) is 0 Å². The van der Waals surface area contributed by atoms with Crippen molar-refractivity contribution in [3.05, 3.63) is 47.9 Å². The molecular weight excluding hydrogens is 494 g/mol. The predicted molar refractivity (Wildman–Crippen MR) is 145 cm³/mol. The van der Waals surface area contributed by atoms with Crippen molar-refractivity contribution in [1.82, 2.24) is 24.8 Å². The van der Waals surface area contributed by atoms with E-state index in [-0.39, 0.29) is 18.4 Å². The summed E-state index contributed by atoms with van der Waals surface area (Å²) in [4.78, 5) is 34.7. The molecular formula is C28H33N9O2. The fraction of sp³-hybridized carbons (Fsp3) is 0.500. The zero-order valence-electron chi connectivity index (χ0n) is 22.3. The third kappa shape index (κ3) is 5.50. The molecule has 3 aliphatic rings. The molecule has 0 radical (unpaired) electrons. The molecule has 0 unspecified atom stereocenters. The topological polar surface area (TPSA) is 126 Å². The van der Waals surface area contributed by atoms with Gasteiger partial charge in [-0.05, 0) is 45.0 Å². The molecule has 0 spiro atoms. The molecule has 0 N–H and O–H groups in total. The van der Waals surface area contributed by atoms with Crippen molar-refractivity contribution >= 4 is 17.4 Å². The van der Waals surface area contributed by atoms with Crippen LogP contribution in [-0.4, -0.2) is 89.1 Å². The molecule has 11 nitrogen and oxygen atoms in total. The molecule has 11 heteroatoms. The lowest BCUT2D eigenvalue weighted by Gasteiger charge is -2.42. The first kappa shape index (κ1) is 26.4. The summed E-state index contributed by atoms with van der Waals surface area (Å²) >= 11 is 0. The van der Waals surface area contributed by atoms with Crippen LogP contribution >= 0.6 is 0 Å². The van der Waals surface area contributed by atoms with Gasteiger partial charge in [-0.1, -0.05) is 6.58 Å². The van der Waals surface area contributed by atoms with Gasteiger partial charge in [0.25, 0.3) is 0 Å². The van der Waals surface area contributed by atoms with Crippen molar-refractivity contribution in [3.63, 3.8) is 0 Å². The van der Waals surface area contributed by atoms with Crippen molar-refractivity contribution in [1.29, 1.82) is 10.5 Å². The summed E-state index contributed by atoms with van der Waals surface area (Å²) in [6.07, 6.45) is 7.80. The number of hydrogen-bond donors (Lipinski definition) is 0. The van der Waals surface area contributed by atoms with Gasteiger partial charge in [-0.25, -0.2) is 0 Å². The second-order valence-corrected chi connectivity index (χ2v) is 10.2. The van der Waals surface area contributed by atoms with Crippen LogP contribution in [0.2, 0.25) is 0 Å². The summed E-state index contributed by atoms with van der Waals surface area (Å²) in [7, 11) is 2.11. The van der Waals surface area contributed by atoms with Gasteiger partial charge in [0.1, 0.15) is 18.5 Å². The first-order valence-electron chi connectivity index (χ1n) is 13.4. The number of likely N-dealkylation sites (N-methyl/N-ethyl adjacent to an activating group) is 1. The van der Waals surface area contributed by atoms with Gasteiger partial charge in [-0.3, -0.25) is 9.78 Å². The van der Waals surface area contributed by atoms with E-state index in [1.54, 1.807) is 23.4 Å². The van der Waals surface area contributed by atoms with E-state index in [0.29, 0.717) is 63.4 Å². The minimum Gasteiger partial charge on any atom is -0.462 e. The number of rotatable bonds is 7. The molecule has 5 rings (SSSR count). The van der Waals surface area contributed by atoms with E-state index >= 15 is 0 Å². The Bertz CT molecular complexity index is 1320. The molecule has 3 aliphatic heterocycles. The molecule has 202 valence electrons. The van der Waals surface area contributed by atoms with Gasteiger partial charge in [0.2, 0.25) is 5.91 Å². The number of aromatic nitrogens is 3. The van der Waals surface area contributed by atoms with Gasteiger partial charge in [0, 0.05) is 44.0 Å². The van der Waals surface area contributed by atoms with Crippen LogP contribution in [-0.2, 0) is 17.8 Å². The van der Waals surface area contributed by atoms with E-state index in [1.165, 1.54) is 6.08 Å². The highest BCUT2D eigenvalue weighted by Gasteiger charge is 2.33. The largest absolute Gasteiger partial charge is 0.462 e. The number of amides is 1. The molecule has 5 heterocycles. The van der Waals surface area contributed by atoms with Gasteiger partial charge >= 0.3 is 6.01 Å². The average molecular weight is 528 g/mol. The normalized spacial score (nSPS) is 21.2. The van der Waals surface area contributed by atoms with E-state index in [0.717, 1.165) is 42.1 Å². The zero-order chi connectivity index (χ0) is 27.4. The number of anilines is 2. The lowest BCUT2D eigenvalue weighted by molar-refractivity contribution is -0.128. The molecule has 1 amide bonds. The van der Waals surface area contributed by atoms with Crippen LogP contribution in [0.4, 0.5) is 11.5 Å². The van der Waals surface area contributed by atoms with Gasteiger partial charge in [-0.2, -0.15) is 20.5 Å². The van der Waals surface area contributed by atoms with E-state index < -0.39 is 0 Å². The van der Waals surface area contributed by atoms with Crippen LogP contribution < -0.4 is 14.5 Å². The van der Waals surface area contributed by atoms with Gasteiger partial charge in [-0.15, -0.1) is 0 Å². The summed E-state index contributed by atoms with van der Waals surface area (Å²) in [5, 5.41) is 19.1. The zero-order valence-corrected chi connectivity index (χ0v) is 22.3. The monoisotopic (exact) mass is 527 g/mol. The number of carbonyl (C=O) groups excluding carboxylic acids is 1. The van der Waals surface area contributed by atoms with E-state index in [4.69, 9.17) is 14.7 Å². The third-order valence-electron chi connectivity index (χ3n) is 7.93. The SMILES string of the molecule is C=CC(=O)N1CCN(c2nc(OC[C@@H]3CCCN3C)nc3c2CCN(c2cnccc2C#N)C3)C[C@@H]1CC#N. The Balaban J connectivity index is 1.46. The summed E-state index contributed by atoms with van der Waals surface area (Å²) in [6.45, 7) is 7.93. The Hall–Kier alpha value is -4.22. The molecule has 0 saturated carbocycles. The Labute approximate surface area is 228 Å². The highest BCUT2D eigenvalue weighted by molar-refractivity contribution is 5.87. The molecule has 0 bridgehead atoms. The molecule has 2 aromatic rings. The van der Waals surface area contributed by atoms with Crippen molar-refractivity contribution in [3.8, 4) is 18.1 Å². The highest BCUT2D eigenvalue weighted by Crippen LogP contribution is 2.33. The minimum atomic E-state index is -0.259. The van der Waals surface area contributed by atoms with Crippen molar-refractivity contribution < 1.29 is 9.53 Å². The summed E-state index contributed by atoms with van der Waals surface area (Å²) < 4.78 is 6.19. The number of piperazine rings is 1. The Morgan fingerprint density at radius 3 is 2.82 bits per heavy atom. The van der Waals surface area contributed by atoms with Crippen LogP contribution in [0, 0.1) is 22.7 Å². The maximum absolute atomic E-state index is 12.4. The average Bonchev–Trinajstić information content (AvgIpc) is 3.39. The summed E-state index contributed by atoms with van der Waals surface area (Å²) in [5.74, 6) is 0.638. The summed E-state index contributed by atoms with van der Waals surface area (Å²) in [6, 6.07) is 6.61. The minimum absolute atomic E-state index is 0.162. The van der Waals surface area contributed by atoms with Crippen LogP contribution in [0.5, 0.6) is 6.01 Å². The second-order valence-electron chi connectivity index (χ2n) is 10.2. The van der Waals surface area contributed by atoms with Crippen LogP contribution in [0.1, 0.15) is 36.1 Å². The van der Waals surface area contributed by atoms with Crippen LogP contribution in [0.15, 0.2) is 31.1 Å². The highest BCUT2D eigenvalue weighted by atomic mass is 16.5. The molecule has 2 fully saturated rings. The third-order valence-corrected chi connectivity index (χ3v) is 7.93. The molecule has 39 heavy (non-hydrogen) atoms. The second kappa shape index (κ2) is 11.7. The molecule has 0 aliphatic carbocycles. The molecule has 2 atom stereocenters. The number of carbonyl (C=O) groups is 1. The van der Waals surface area contributed by atoms with Crippen molar-refractivity contribution in [2.75, 3.05) is 56.2 Å². The number of nitriles is 2. The molecule has 2 aromatic heterocycles. The quantitative estimate of drug-likeness (QED) is 0.493. The van der Waals surface area contributed by atoms with Gasteiger partial charge in [0.15, 0.2) is 0 Å². The molecule has 2 saturated heterocycles. The standard InChI is InChI=1S/C28H33N9O2/c1-3-26(38)37-14-13-36(17-21(37)6-9-29)27-23-8-12-35(25-16-31-10-7-20(25)15-30)18-24(23)32-28(33-27)39-19-22-5-4-11-34(22)2/h3,7,10,16,21-22H,1,4-6,8,11-14,17-19H2,2H3/t21-,22-/m0/s1. The van der Waals surface area contributed by atoms with E-state index in [9.17, 15) is 15.3 Å². The van der Waals surface area contributed by atoms with Crippen molar-refractivity contribution in [2.45, 2.75) is 44.3 Å². The Morgan fingerprint density at radius 1 is 1.21 bits per heavy atom. The fourth-order valence-electron chi connectivity index (χ4n) is 5.75. The van der Waals surface area contributed by atoms with E-state index in [2.05, 4.69) is 45.4 Å². The number of likely N-dealkylation sites (tertiary alicyclic amines) is 1. The maximum Gasteiger partial charge on any atom is 0.318 e. The Kier molecular flexibility index (Phi) is 7.89. The van der Waals surface area contributed by atoms with Gasteiger partial charge in [0.05, 0.1) is 48.2 Å². The first-order valence-corrected chi connectivity index (χ1v) is 13.4. The Morgan fingerprint density at radius 2 is 2.08 bits per heavy atom. The predicted octanol–water partition coefficient (Wildman–Crippen LogP) is 1.90. The number of ether oxygens (including phenoxy) is 1. The molecule has 0 aromatic carbocycles. The lowest BCUT2D eigenvalue weighted by atomic mass is 10.0. The number of fused-ring (bicyclic) bond motifs is 1. The smallest absolute Gasteiger partial charge is 0.318 e. The lowest BCUT2D eigenvalue weighted by Crippen LogP contribution is -2.55. The summed E-state index contributed by atoms with van der Waals surface area (Å²) in [5.41, 5.74) is 3.26. The maximum atomic E-state index is 12.4. The fourth-order valence-corrected chi connectivity index (χ4v) is 5.75. The van der Waals surface area contributed by atoms with Crippen molar-refractivity contribution in [2.24, 2.45) is 0 Å². The number of pyridine rings is 1. The number of nitrogens with zero attached hydrogens (tertiary/aromatic N) is 9. The number of hydrogen-bond acceptors (Lipinski definition) is 10. The van der Waals surface area contributed by atoms with E-state index in [1.807, 2.05) is 0 Å².